The van der Waals surface area contributed by atoms with E-state index >= 15 is 0 Å². The summed E-state index contributed by atoms with van der Waals surface area (Å²) in [4.78, 5) is 1.01. The van der Waals surface area contributed by atoms with E-state index in [9.17, 15) is 8.42 Å². The summed E-state index contributed by atoms with van der Waals surface area (Å²) in [6.07, 6.45) is 2.97. The average Bonchev–Trinajstić information content (AvgIpc) is 3.46. The Morgan fingerprint density at radius 2 is 1.81 bits per heavy atom. The van der Waals surface area contributed by atoms with Gasteiger partial charge in [0.25, 0.3) is 0 Å². The van der Waals surface area contributed by atoms with Crippen molar-refractivity contribution in [1.29, 1.82) is 0 Å². The molecule has 0 aliphatic rings. The van der Waals surface area contributed by atoms with Crippen molar-refractivity contribution in [3.63, 3.8) is 0 Å². The normalized spacial score (nSPS) is 12.7. The number of rotatable bonds is 8. The van der Waals surface area contributed by atoms with Gasteiger partial charge >= 0.3 is 0 Å². The molecule has 0 radical (unpaired) electrons. The van der Waals surface area contributed by atoms with Crippen molar-refractivity contribution < 1.29 is 13.2 Å². The highest BCUT2D eigenvalue weighted by Crippen LogP contribution is 2.38. The summed E-state index contributed by atoms with van der Waals surface area (Å²) in [7, 11) is -1.97. The second kappa shape index (κ2) is 9.05. The summed E-state index contributed by atoms with van der Waals surface area (Å²) in [5, 5.41) is 9.32. The van der Waals surface area contributed by atoms with Crippen LogP contribution in [-0.2, 0) is 16.6 Å². The minimum atomic E-state index is -3.57. The van der Waals surface area contributed by atoms with E-state index in [1.54, 1.807) is 24.6 Å². The molecule has 4 rings (SSSR count). The van der Waals surface area contributed by atoms with Crippen LogP contribution < -0.4 is 4.74 Å². The smallest absolute Gasteiger partial charge is 0.212 e. The van der Waals surface area contributed by atoms with Crippen molar-refractivity contribution in [3.05, 3.63) is 95.0 Å². The zero-order valence-corrected chi connectivity index (χ0v) is 18.9. The lowest BCUT2D eigenvalue weighted by molar-refractivity contribution is 0.357. The maximum atomic E-state index is 13.0. The Hall–Kier alpha value is -2.94. The summed E-state index contributed by atoms with van der Waals surface area (Å²) in [6.45, 7) is 0.220. The van der Waals surface area contributed by atoms with Crippen LogP contribution in [0, 0.1) is 0 Å². The van der Waals surface area contributed by atoms with Gasteiger partial charge < -0.3 is 4.74 Å². The second-order valence-corrected chi connectivity index (χ2v) is 10.0. The lowest BCUT2D eigenvalue weighted by atomic mass is 9.98. The Labute approximate surface area is 186 Å². The molecule has 8 heteroatoms. The quantitative estimate of drug-likeness (QED) is 0.420. The highest BCUT2D eigenvalue weighted by Gasteiger charge is 2.32. The summed E-state index contributed by atoms with van der Waals surface area (Å²) >= 11 is 1.58. The Bertz CT molecular complexity index is 1220. The van der Waals surface area contributed by atoms with Crippen LogP contribution in [-0.4, -0.2) is 36.3 Å². The van der Waals surface area contributed by atoms with Crippen LogP contribution in [0.4, 0.5) is 0 Å². The molecule has 4 aromatic rings. The van der Waals surface area contributed by atoms with Crippen LogP contribution in [0.5, 0.6) is 5.75 Å². The topological polar surface area (TPSA) is 75.3 Å². The number of aromatic nitrogens is 2. The Balaban J connectivity index is 1.83. The number of thiophene rings is 1. The molecule has 6 nitrogen and oxygen atoms in total. The predicted molar refractivity (Wildman–Crippen MR) is 124 cm³/mol. The van der Waals surface area contributed by atoms with Crippen molar-refractivity contribution >= 4 is 21.4 Å². The maximum Gasteiger partial charge on any atom is 0.212 e. The van der Waals surface area contributed by atoms with Crippen molar-refractivity contribution in [3.8, 4) is 16.3 Å². The van der Waals surface area contributed by atoms with Gasteiger partial charge in [-0.2, -0.15) is 9.40 Å². The Morgan fingerprint density at radius 3 is 2.42 bits per heavy atom. The first kappa shape index (κ1) is 21.3. The molecule has 0 amide bonds. The van der Waals surface area contributed by atoms with E-state index in [1.165, 1.54) is 10.6 Å². The number of hydrogen-bond acceptors (Lipinski definition) is 5. The number of hydrogen-bond donors (Lipinski definition) is 1. The van der Waals surface area contributed by atoms with Crippen molar-refractivity contribution in [2.24, 2.45) is 0 Å². The van der Waals surface area contributed by atoms with Crippen LogP contribution in [0.1, 0.15) is 22.7 Å². The standard InChI is InChI=1S/C23H23N3O3S2/c1-29-19-12-10-17(11-13-19)16-26(31(2,27)28)23(18-7-4-3-5-8-18)20-15-24-25-22(20)21-9-6-14-30-21/h3-15,23H,16H2,1-2H3,(H,24,25). The van der Waals surface area contributed by atoms with Gasteiger partial charge in [0.05, 0.1) is 36.2 Å². The minimum Gasteiger partial charge on any atom is -0.497 e. The van der Waals surface area contributed by atoms with Gasteiger partial charge in [-0.25, -0.2) is 8.42 Å². The van der Waals surface area contributed by atoms with E-state index in [2.05, 4.69) is 10.2 Å². The largest absolute Gasteiger partial charge is 0.497 e. The molecule has 1 atom stereocenters. The highest BCUT2D eigenvalue weighted by atomic mass is 32.2. The van der Waals surface area contributed by atoms with E-state index in [-0.39, 0.29) is 6.54 Å². The number of nitrogens with zero attached hydrogens (tertiary/aromatic N) is 2. The van der Waals surface area contributed by atoms with Gasteiger partial charge in [0.15, 0.2) is 0 Å². The fourth-order valence-electron chi connectivity index (χ4n) is 3.57. The van der Waals surface area contributed by atoms with Crippen molar-refractivity contribution in [2.45, 2.75) is 12.6 Å². The molecule has 0 fully saturated rings. The number of ether oxygens (including phenoxy) is 1. The molecule has 2 aromatic carbocycles. The lowest BCUT2D eigenvalue weighted by Gasteiger charge is -2.30. The highest BCUT2D eigenvalue weighted by molar-refractivity contribution is 7.88. The van der Waals surface area contributed by atoms with Gasteiger partial charge in [0, 0.05) is 12.1 Å². The van der Waals surface area contributed by atoms with Gasteiger partial charge in [-0.15, -0.1) is 11.3 Å². The summed E-state index contributed by atoms with van der Waals surface area (Å²) in [6, 6.07) is 20.5. The number of H-pyrrole nitrogens is 1. The molecule has 160 valence electrons. The third-order valence-electron chi connectivity index (χ3n) is 5.06. The van der Waals surface area contributed by atoms with Crippen LogP contribution >= 0.6 is 11.3 Å². The first-order chi connectivity index (χ1) is 15.0. The van der Waals surface area contributed by atoms with Crippen LogP contribution in [0.3, 0.4) is 0 Å². The SMILES string of the molecule is COc1ccc(CN(C(c2ccccc2)c2cn[nH]c2-c2cccs2)S(C)(=O)=O)cc1. The van der Waals surface area contributed by atoms with Gasteiger partial charge in [-0.3, -0.25) is 5.10 Å². The second-order valence-electron chi connectivity index (χ2n) is 7.15. The van der Waals surface area contributed by atoms with Gasteiger partial charge in [-0.1, -0.05) is 48.5 Å². The van der Waals surface area contributed by atoms with E-state index in [4.69, 9.17) is 4.74 Å². The molecular weight excluding hydrogens is 430 g/mol. The molecular formula is C23H23N3O3S2. The molecule has 0 saturated heterocycles. The van der Waals surface area contributed by atoms with E-state index in [0.717, 1.165) is 33.0 Å². The Kier molecular flexibility index (Phi) is 6.22. The van der Waals surface area contributed by atoms with E-state index < -0.39 is 16.1 Å². The first-order valence-electron chi connectivity index (χ1n) is 9.69. The molecule has 31 heavy (non-hydrogen) atoms. The number of aromatic amines is 1. The average molecular weight is 454 g/mol. The van der Waals surface area contributed by atoms with E-state index in [1.807, 2.05) is 72.1 Å². The molecule has 0 aliphatic carbocycles. The summed E-state index contributed by atoms with van der Waals surface area (Å²) in [5.74, 6) is 0.726. The number of nitrogens with one attached hydrogen (secondary N) is 1. The number of methoxy groups -OCH3 is 1. The first-order valence-corrected chi connectivity index (χ1v) is 12.4. The maximum absolute atomic E-state index is 13.0. The molecule has 2 aromatic heterocycles. The lowest BCUT2D eigenvalue weighted by Crippen LogP contribution is -2.34. The fraction of sp³-hybridized carbons (Fsp3) is 0.174. The van der Waals surface area contributed by atoms with Crippen molar-refractivity contribution in [2.75, 3.05) is 13.4 Å². The van der Waals surface area contributed by atoms with Crippen LogP contribution in [0.2, 0.25) is 0 Å². The van der Waals surface area contributed by atoms with Gasteiger partial charge in [0.2, 0.25) is 10.0 Å². The zero-order chi connectivity index (χ0) is 21.8. The molecule has 0 spiro atoms. The third kappa shape index (κ3) is 4.71. The van der Waals surface area contributed by atoms with Gasteiger partial charge in [-0.05, 0) is 34.7 Å². The third-order valence-corrected chi connectivity index (χ3v) is 7.14. The molecule has 1 N–H and O–H groups in total. The van der Waals surface area contributed by atoms with Crippen molar-refractivity contribution in [1.82, 2.24) is 14.5 Å². The van der Waals surface area contributed by atoms with E-state index in [0.29, 0.717) is 0 Å². The minimum absolute atomic E-state index is 0.220. The fourth-order valence-corrected chi connectivity index (χ4v) is 5.31. The molecule has 0 saturated carbocycles. The predicted octanol–water partition coefficient (Wildman–Crippen LogP) is 4.70. The van der Waals surface area contributed by atoms with Crippen LogP contribution in [0.25, 0.3) is 10.6 Å². The zero-order valence-electron chi connectivity index (χ0n) is 17.2. The van der Waals surface area contributed by atoms with Crippen LogP contribution in [0.15, 0.2) is 78.3 Å². The van der Waals surface area contributed by atoms with Gasteiger partial charge in [0.1, 0.15) is 5.75 Å². The number of sulfonamides is 1. The number of benzene rings is 2. The molecule has 2 heterocycles. The molecule has 0 bridgehead atoms. The molecule has 1 unspecified atom stereocenters. The summed E-state index contributed by atoms with van der Waals surface area (Å²) in [5.41, 5.74) is 3.38. The summed E-state index contributed by atoms with van der Waals surface area (Å²) < 4.78 is 32.8. The molecule has 0 aliphatic heterocycles. The monoisotopic (exact) mass is 453 g/mol. The Morgan fingerprint density at radius 1 is 1.06 bits per heavy atom.